The molecule has 0 radical (unpaired) electrons. The highest BCUT2D eigenvalue weighted by Crippen LogP contribution is 2.19. The summed E-state index contributed by atoms with van der Waals surface area (Å²) >= 11 is 0. The van der Waals surface area contributed by atoms with Gasteiger partial charge in [0, 0.05) is 30.9 Å². The van der Waals surface area contributed by atoms with Gasteiger partial charge in [0.1, 0.15) is 5.75 Å². The smallest absolute Gasteiger partial charge is 0.251 e. The van der Waals surface area contributed by atoms with Gasteiger partial charge in [-0.2, -0.15) is 0 Å². The summed E-state index contributed by atoms with van der Waals surface area (Å²) in [5, 5.41) is 6.10. The molecule has 0 heterocycles. The summed E-state index contributed by atoms with van der Waals surface area (Å²) in [5.41, 5.74) is 3.63. The van der Waals surface area contributed by atoms with Crippen molar-refractivity contribution in [3.8, 4) is 16.9 Å². The minimum Gasteiger partial charge on any atom is -0.497 e. The van der Waals surface area contributed by atoms with E-state index in [1.165, 1.54) is 0 Å². The summed E-state index contributed by atoms with van der Waals surface area (Å²) in [6, 6.07) is 25.1. The fraction of sp³-hybridized carbons (Fsp3) is 0.286. The molecule has 178 valence electrons. The first-order chi connectivity index (χ1) is 16.5. The zero-order valence-corrected chi connectivity index (χ0v) is 20.1. The van der Waals surface area contributed by atoms with Crippen molar-refractivity contribution in [2.75, 3.05) is 38.6 Å². The minimum atomic E-state index is -0.256. The van der Waals surface area contributed by atoms with E-state index in [1.54, 1.807) is 24.1 Å². The van der Waals surface area contributed by atoms with Crippen molar-refractivity contribution < 1.29 is 14.3 Å². The molecule has 3 aromatic rings. The Bertz CT molecular complexity index is 1050. The predicted octanol–water partition coefficient (Wildman–Crippen LogP) is 4.69. The molecule has 0 aromatic heterocycles. The van der Waals surface area contributed by atoms with Crippen molar-refractivity contribution in [2.45, 2.75) is 13.8 Å². The number of amides is 2. The molecule has 0 saturated carbocycles. The van der Waals surface area contributed by atoms with Gasteiger partial charge in [0.25, 0.3) is 5.91 Å². The van der Waals surface area contributed by atoms with Crippen molar-refractivity contribution in [3.63, 3.8) is 0 Å². The number of carbonyl (C=O) groups excluding carboxylic acids is 2. The second kappa shape index (κ2) is 12.4. The number of ether oxygens (including phenoxy) is 1. The van der Waals surface area contributed by atoms with Gasteiger partial charge in [0.05, 0.1) is 13.7 Å². The number of methoxy groups -OCH3 is 1. The van der Waals surface area contributed by atoms with E-state index in [2.05, 4.69) is 24.5 Å². The van der Waals surface area contributed by atoms with E-state index in [9.17, 15) is 9.59 Å². The third-order valence-corrected chi connectivity index (χ3v) is 5.39. The largest absolute Gasteiger partial charge is 0.497 e. The second-order valence-electron chi connectivity index (χ2n) is 8.51. The summed E-state index contributed by atoms with van der Waals surface area (Å²) in [5.74, 6) is 0.770. The van der Waals surface area contributed by atoms with Crippen LogP contribution in [-0.4, -0.2) is 50.0 Å². The lowest BCUT2D eigenvalue weighted by atomic mass is 10.0. The molecule has 0 fully saturated rings. The van der Waals surface area contributed by atoms with Crippen molar-refractivity contribution in [3.05, 3.63) is 84.4 Å². The van der Waals surface area contributed by atoms with Crippen LogP contribution in [0.15, 0.2) is 78.9 Å². The van der Waals surface area contributed by atoms with Crippen LogP contribution in [0.5, 0.6) is 5.75 Å². The summed E-state index contributed by atoms with van der Waals surface area (Å²) in [6.45, 7) is 5.90. The zero-order chi connectivity index (χ0) is 24.3. The molecule has 0 aliphatic carbocycles. The molecule has 0 aliphatic heterocycles. The summed E-state index contributed by atoms with van der Waals surface area (Å²) in [7, 11) is 1.64. The van der Waals surface area contributed by atoms with Gasteiger partial charge in [-0.1, -0.05) is 56.3 Å². The average Bonchev–Trinajstić information content (AvgIpc) is 2.87. The van der Waals surface area contributed by atoms with Crippen molar-refractivity contribution in [1.29, 1.82) is 0 Å². The Morgan fingerprint density at radius 3 is 2.15 bits per heavy atom. The van der Waals surface area contributed by atoms with Crippen LogP contribution in [0.2, 0.25) is 0 Å². The highest BCUT2D eigenvalue weighted by atomic mass is 16.5. The van der Waals surface area contributed by atoms with Gasteiger partial charge in [-0.05, 0) is 53.4 Å². The number of rotatable bonds is 11. The SMILES string of the molecule is COc1ccc(NCCN(CC(C)C)C(=O)CNC(=O)c2ccc(-c3ccccc3)cc2)cc1. The predicted molar refractivity (Wildman–Crippen MR) is 137 cm³/mol. The molecule has 2 amide bonds. The van der Waals surface area contributed by atoms with Gasteiger partial charge in [-0.25, -0.2) is 0 Å². The lowest BCUT2D eigenvalue weighted by molar-refractivity contribution is -0.130. The molecular formula is C28H33N3O3. The zero-order valence-electron chi connectivity index (χ0n) is 20.1. The molecule has 6 heteroatoms. The Hall–Kier alpha value is -3.80. The van der Waals surface area contributed by atoms with Crippen molar-refractivity contribution in [2.24, 2.45) is 5.92 Å². The Morgan fingerprint density at radius 2 is 1.53 bits per heavy atom. The number of nitrogens with zero attached hydrogens (tertiary/aromatic N) is 1. The molecule has 0 bridgehead atoms. The number of benzene rings is 3. The Balaban J connectivity index is 1.51. The van der Waals surface area contributed by atoms with Gasteiger partial charge in [-0.3, -0.25) is 9.59 Å². The Morgan fingerprint density at radius 1 is 0.882 bits per heavy atom. The van der Waals surface area contributed by atoms with Crippen LogP contribution in [0.3, 0.4) is 0 Å². The van der Waals surface area contributed by atoms with E-state index in [0.29, 0.717) is 31.1 Å². The third kappa shape index (κ3) is 7.37. The summed E-state index contributed by atoms with van der Waals surface area (Å²) in [4.78, 5) is 27.2. The fourth-order valence-corrected chi connectivity index (χ4v) is 3.62. The molecule has 3 rings (SSSR count). The molecule has 6 nitrogen and oxygen atoms in total. The van der Waals surface area contributed by atoms with Gasteiger partial charge >= 0.3 is 0 Å². The molecule has 0 unspecified atom stereocenters. The molecule has 0 atom stereocenters. The van der Waals surface area contributed by atoms with Crippen LogP contribution in [0.4, 0.5) is 5.69 Å². The van der Waals surface area contributed by atoms with Crippen LogP contribution in [0, 0.1) is 5.92 Å². The molecule has 34 heavy (non-hydrogen) atoms. The van der Waals surface area contributed by atoms with Crippen molar-refractivity contribution in [1.82, 2.24) is 10.2 Å². The molecule has 0 saturated heterocycles. The fourth-order valence-electron chi connectivity index (χ4n) is 3.62. The highest BCUT2D eigenvalue weighted by molar-refractivity contribution is 5.96. The molecular weight excluding hydrogens is 426 g/mol. The quantitative estimate of drug-likeness (QED) is 0.437. The second-order valence-corrected chi connectivity index (χ2v) is 8.51. The maximum atomic E-state index is 12.8. The van der Waals surface area contributed by atoms with E-state index >= 15 is 0 Å². The Labute approximate surface area is 201 Å². The van der Waals surface area contributed by atoms with Gasteiger partial charge < -0.3 is 20.3 Å². The van der Waals surface area contributed by atoms with E-state index in [1.807, 2.05) is 66.7 Å². The third-order valence-electron chi connectivity index (χ3n) is 5.39. The number of nitrogens with one attached hydrogen (secondary N) is 2. The average molecular weight is 460 g/mol. The first-order valence-corrected chi connectivity index (χ1v) is 11.6. The standard InChI is InChI=1S/C28H33N3O3/c1-21(2)20-31(18-17-29-25-13-15-26(34-3)16-14-25)27(32)19-30-28(33)24-11-9-23(10-12-24)22-7-5-4-6-8-22/h4-16,21,29H,17-20H2,1-3H3,(H,30,33). The molecule has 2 N–H and O–H groups in total. The van der Waals surface area contributed by atoms with E-state index in [-0.39, 0.29) is 18.4 Å². The Kier molecular flexibility index (Phi) is 9.09. The van der Waals surface area contributed by atoms with Crippen LogP contribution in [0.25, 0.3) is 11.1 Å². The van der Waals surface area contributed by atoms with Gasteiger partial charge in [0.2, 0.25) is 5.91 Å². The van der Waals surface area contributed by atoms with Crippen LogP contribution >= 0.6 is 0 Å². The van der Waals surface area contributed by atoms with Crippen molar-refractivity contribution >= 4 is 17.5 Å². The summed E-state index contributed by atoms with van der Waals surface area (Å²) in [6.07, 6.45) is 0. The maximum absolute atomic E-state index is 12.8. The van der Waals surface area contributed by atoms with Gasteiger partial charge in [0.15, 0.2) is 0 Å². The number of carbonyl (C=O) groups is 2. The van der Waals surface area contributed by atoms with Crippen LogP contribution in [0.1, 0.15) is 24.2 Å². The summed E-state index contributed by atoms with van der Waals surface area (Å²) < 4.78 is 5.18. The van der Waals surface area contributed by atoms with Crippen LogP contribution in [-0.2, 0) is 4.79 Å². The van der Waals surface area contributed by atoms with Crippen LogP contribution < -0.4 is 15.4 Å². The van der Waals surface area contributed by atoms with Gasteiger partial charge in [-0.15, -0.1) is 0 Å². The lowest BCUT2D eigenvalue weighted by Gasteiger charge is -2.25. The number of anilines is 1. The highest BCUT2D eigenvalue weighted by Gasteiger charge is 2.16. The molecule has 0 aliphatic rings. The topological polar surface area (TPSA) is 70.7 Å². The maximum Gasteiger partial charge on any atom is 0.251 e. The molecule has 0 spiro atoms. The number of hydrogen-bond acceptors (Lipinski definition) is 4. The van der Waals surface area contributed by atoms with E-state index in [4.69, 9.17) is 4.74 Å². The lowest BCUT2D eigenvalue weighted by Crippen LogP contribution is -2.43. The normalized spacial score (nSPS) is 10.6. The number of hydrogen-bond donors (Lipinski definition) is 2. The monoisotopic (exact) mass is 459 g/mol. The van der Waals surface area contributed by atoms with E-state index < -0.39 is 0 Å². The molecule has 3 aromatic carbocycles. The first-order valence-electron chi connectivity index (χ1n) is 11.6. The first kappa shape index (κ1) is 24.8. The van der Waals surface area contributed by atoms with E-state index in [0.717, 1.165) is 22.6 Å². The minimum absolute atomic E-state index is 0.0332.